The summed E-state index contributed by atoms with van der Waals surface area (Å²) >= 11 is 0. The van der Waals surface area contributed by atoms with Crippen LogP contribution < -0.4 is 4.74 Å². The number of rotatable bonds is 1. The van der Waals surface area contributed by atoms with Crippen LogP contribution in [-0.2, 0) is 0 Å². The molecule has 0 aliphatic carbocycles. The molecule has 0 aliphatic rings. The first-order chi connectivity index (χ1) is 4.72. The summed E-state index contributed by atoms with van der Waals surface area (Å²) < 4.78 is 29.2. The van der Waals surface area contributed by atoms with E-state index in [9.17, 15) is 8.78 Å². The Morgan fingerprint density at radius 3 is 1.91 bits per heavy atom. The van der Waals surface area contributed by atoms with Gasteiger partial charge in [-0.1, -0.05) is 7.43 Å². The van der Waals surface area contributed by atoms with Crippen LogP contribution in [0.5, 0.6) is 5.75 Å². The lowest BCUT2D eigenvalue weighted by Crippen LogP contribution is -1.85. The first-order valence-corrected chi connectivity index (χ1v) is 2.72. The van der Waals surface area contributed by atoms with Crippen molar-refractivity contribution in [3.8, 4) is 5.75 Å². The van der Waals surface area contributed by atoms with Gasteiger partial charge >= 0.3 is 0 Å². The monoisotopic (exact) mass is 160 g/mol. The van der Waals surface area contributed by atoms with Gasteiger partial charge in [-0.05, 0) is 0 Å². The molecule has 0 aliphatic heterocycles. The predicted octanol–water partition coefficient (Wildman–Crippen LogP) is 2.61. The van der Waals surface area contributed by atoms with Gasteiger partial charge in [0.2, 0.25) is 0 Å². The molecular weight excluding hydrogens is 150 g/mol. The molecule has 0 heterocycles. The Balaban J connectivity index is 0.000001000. The van der Waals surface area contributed by atoms with Gasteiger partial charge in [-0.3, -0.25) is 0 Å². The van der Waals surface area contributed by atoms with E-state index in [1.807, 2.05) is 0 Å². The van der Waals surface area contributed by atoms with Gasteiger partial charge in [-0.15, -0.1) is 0 Å². The van der Waals surface area contributed by atoms with Gasteiger partial charge in [0.05, 0.1) is 7.11 Å². The zero-order valence-corrected chi connectivity index (χ0v) is 5.40. The number of benzene rings is 1. The largest absolute Gasteiger partial charge is 0.497 e. The van der Waals surface area contributed by atoms with E-state index in [1.165, 1.54) is 7.11 Å². The molecule has 0 radical (unpaired) electrons. The number of hydrogen-bond donors (Lipinski definition) is 0. The van der Waals surface area contributed by atoms with Gasteiger partial charge in [0.25, 0.3) is 0 Å². The molecular formula is C8H10F2O. The summed E-state index contributed by atoms with van der Waals surface area (Å²) in [5.74, 6) is -1.06. The number of ether oxygens (including phenoxy) is 1. The van der Waals surface area contributed by atoms with Crippen LogP contribution in [0.4, 0.5) is 8.78 Å². The maximum atomic E-state index is 12.3. The summed E-state index contributed by atoms with van der Waals surface area (Å²) in [7, 11) is 1.36. The van der Waals surface area contributed by atoms with Gasteiger partial charge in [-0.2, -0.15) is 0 Å². The SMILES string of the molecule is C.COc1cc(F)cc(F)c1. The highest BCUT2D eigenvalue weighted by Gasteiger charge is 1.98. The van der Waals surface area contributed by atoms with Crippen molar-refractivity contribution in [3.63, 3.8) is 0 Å². The van der Waals surface area contributed by atoms with Crippen LogP contribution in [0.25, 0.3) is 0 Å². The highest BCUT2D eigenvalue weighted by Crippen LogP contribution is 2.13. The third-order valence-electron chi connectivity index (χ3n) is 1.07. The van der Waals surface area contributed by atoms with Crippen molar-refractivity contribution in [3.05, 3.63) is 29.8 Å². The van der Waals surface area contributed by atoms with E-state index in [2.05, 4.69) is 4.74 Å². The molecule has 0 N–H and O–H groups in total. The van der Waals surface area contributed by atoms with Gasteiger partial charge in [0.1, 0.15) is 17.4 Å². The van der Waals surface area contributed by atoms with Gasteiger partial charge < -0.3 is 4.74 Å². The fourth-order valence-corrected chi connectivity index (χ4v) is 0.646. The second-order valence-corrected chi connectivity index (χ2v) is 1.81. The molecule has 1 nitrogen and oxygen atoms in total. The first kappa shape index (κ1) is 9.88. The van der Waals surface area contributed by atoms with Crippen molar-refractivity contribution >= 4 is 0 Å². The van der Waals surface area contributed by atoms with E-state index >= 15 is 0 Å². The highest BCUT2D eigenvalue weighted by atomic mass is 19.1. The third-order valence-corrected chi connectivity index (χ3v) is 1.07. The molecule has 1 rings (SSSR count). The van der Waals surface area contributed by atoms with Crippen LogP contribution in [0.2, 0.25) is 0 Å². The summed E-state index contributed by atoms with van der Waals surface area (Å²) in [6.07, 6.45) is 0. The molecule has 0 saturated heterocycles. The van der Waals surface area contributed by atoms with Crippen molar-refractivity contribution in [1.82, 2.24) is 0 Å². The van der Waals surface area contributed by atoms with Crippen molar-refractivity contribution < 1.29 is 13.5 Å². The van der Waals surface area contributed by atoms with E-state index in [0.717, 1.165) is 18.2 Å². The lowest BCUT2D eigenvalue weighted by Gasteiger charge is -1.97. The zero-order valence-electron chi connectivity index (χ0n) is 5.40. The molecule has 0 unspecified atom stereocenters. The smallest absolute Gasteiger partial charge is 0.129 e. The van der Waals surface area contributed by atoms with Crippen molar-refractivity contribution in [1.29, 1.82) is 0 Å². The number of methoxy groups -OCH3 is 1. The normalized spacial score (nSPS) is 8.64. The minimum Gasteiger partial charge on any atom is -0.497 e. The van der Waals surface area contributed by atoms with Gasteiger partial charge in [0, 0.05) is 18.2 Å². The maximum absolute atomic E-state index is 12.3. The average Bonchev–Trinajstić information content (AvgIpc) is 1.85. The molecule has 0 aromatic heterocycles. The summed E-state index contributed by atoms with van der Waals surface area (Å²) in [4.78, 5) is 0. The van der Waals surface area contributed by atoms with E-state index in [4.69, 9.17) is 0 Å². The summed E-state index contributed by atoms with van der Waals surface area (Å²) in [5, 5.41) is 0. The molecule has 0 spiro atoms. The minimum absolute atomic E-state index is 0. The molecule has 0 atom stereocenters. The van der Waals surface area contributed by atoms with E-state index in [1.54, 1.807) is 0 Å². The van der Waals surface area contributed by atoms with Crippen LogP contribution in [0.1, 0.15) is 7.43 Å². The average molecular weight is 160 g/mol. The fraction of sp³-hybridized carbons (Fsp3) is 0.250. The summed E-state index contributed by atoms with van der Waals surface area (Å²) in [6, 6.07) is 3.02. The summed E-state index contributed by atoms with van der Waals surface area (Å²) in [6.45, 7) is 0. The van der Waals surface area contributed by atoms with E-state index in [0.29, 0.717) is 0 Å². The third kappa shape index (κ3) is 2.53. The van der Waals surface area contributed by atoms with Crippen molar-refractivity contribution in [2.45, 2.75) is 7.43 Å². The quantitative estimate of drug-likeness (QED) is 0.613. The molecule has 11 heavy (non-hydrogen) atoms. The topological polar surface area (TPSA) is 9.23 Å². The Kier molecular flexibility index (Phi) is 3.51. The van der Waals surface area contributed by atoms with Gasteiger partial charge in [0.15, 0.2) is 0 Å². The van der Waals surface area contributed by atoms with Crippen LogP contribution in [-0.4, -0.2) is 7.11 Å². The van der Waals surface area contributed by atoms with Gasteiger partial charge in [-0.25, -0.2) is 8.78 Å². The molecule has 1 aromatic carbocycles. The van der Waals surface area contributed by atoms with Crippen LogP contribution in [0, 0.1) is 11.6 Å². The van der Waals surface area contributed by atoms with Crippen molar-refractivity contribution in [2.24, 2.45) is 0 Å². The van der Waals surface area contributed by atoms with Crippen LogP contribution in [0.15, 0.2) is 18.2 Å². The predicted molar refractivity (Wildman–Crippen MR) is 39.6 cm³/mol. The Morgan fingerprint density at radius 1 is 1.09 bits per heavy atom. The Bertz CT molecular complexity index is 215. The maximum Gasteiger partial charge on any atom is 0.129 e. The lowest BCUT2D eigenvalue weighted by atomic mass is 10.3. The minimum atomic E-state index is -0.628. The van der Waals surface area contributed by atoms with Crippen LogP contribution >= 0.6 is 0 Å². The van der Waals surface area contributed by atoms with Crippen molar-refractivity contribution in [2.75, 3.05) is 7.11 Å². The molecule has 3 heteroatoms. The zero-order chi connectivity index (χ0) is 7.56. The Labute approximate surface area is 64.6 Å². The van der Waals surface area contributed by atoms with E-state index in [-0.39, 0.29) is 13.2 Å². The molecule has 0 saturated carbocycles. The number of hydrogen-bond acceptors (Lipinski definition) is 1. The fourth-order valence-electron chi connectivity index (χ4n) is 0.646. The Morgan fingerprint density at radius 2 is 1.55 bits per heavy atom. The summed E-state index contributed by atoms with van der Waals surface area (Å²) in [5.41, 5.74) is 0. The molecule has 0 bridgehead atoms. The second-order valence-electron chi connectivity index (χ2n) is 1.81. The molecule has 0 amide bonds. The molecule has 0 fully saturated rings. The van der Waals surface area contributed by atoms with Crippen LogP contribution in [0.3, 0.4) is 0 Å². The lowest BCUT2D eigenvalue weighted by molar-refractivity contribution is 0.407. The second kappa shape index (κ2) is 3.91. The number of halogens is 2. The Hall–Kier alpha value is -1.12. The standard InChI is InChI=1S/C7H6F2O.CH4/c1-10-7-3-5(8)2-6(9)4-7;/h2-4H,1H3;1H4. The first-order valence-electron chi connectivity index (χ1n) is 2.72. The molecule has 1 aromatic rings. The highest BCUT2D eigenvalue weighted by molar-refractivity contribution is 5.23. The molecule has 62 valence electrons. The van der Waals surface area contributed by atoms with E-state index < -0.39 is 11.6 Å².